The van der Waals surface area contributed by atoms with Gasteiger partial charge >= 0.3 is 12.0 Å². The van der Waals surface area contributed by atoms with Gasteiger partial charge < -0.3 is 10.1 Å². The van der Waals surface area contributed by atoms with Crippen molar-refractivity contribution in [2.24, 2.45) is 0 Å². The van der Waals surface area contributed by atoms with E-state index in [1.165, 1.54) is 30.2 Å². The second-order valence-electron chi connectivity index (χ2n) is 4.78. The van der Waals surface area contributed by atoms with Crippen molar-refractivity contribution in [1.29, 1.82) is 0 Å². The smallest absolute Gasteiger partial charge is 0.349 e. The van der Waals surface area contributed by atoms with Crippen LogP contribution in [-0.4, -0.2) is 31.1 Å². The van der Waals surface area contributed by atoms with Crippen molar-refractivity contribution in [3.05, 3.63) is 21.4 Å². The molecule has 0 radical (unpaired) electrons. The number of carbonyl (C=O) groups is 3. The van der Waals surface area contributed by atoms with Gasteiger partial charge in [-0.25, -0.2) is 9.59 Å². The molecule has 0 aliphatic rings. The fourth-order valence-electron chi connectivity index (χ4n) is 1.85. The van der Waals surface area contributed by atoms with Crippen LogP contribution in [0.2, 0.25) is 0 Å². The maximum atomic E-state index is 12.1. The highest BCUT2D eigenvalue weighted by atomic mass is 32.1. The van der Waals surface area contributed by atoms with E-state index in [2.05, 4.69) is 17.6 Å². The Kier molecular flexibility index (Phi) is 7.04. The Labute approximate surface area is 134 Å². The summed E-state index contributed by atoms with van der Waals surface area (Å²) in [4.78, 5) is 36.5. The molecule has 2 N–H and O–H groups in total. The first-order valence-electron chi connectivity index (χ1n) is 7.28. The lowest BCUT2D eigenvalue weighted by atomic mass is 10.1. The van der Waals surface area contributed by atoms with Gasteiger partial charge in [-0.3, -0.25) is 10.1 Å². The van der Waals surface area contributed by atoms with E-state index >= 15 is 0 Å². The number of nitrogens with one attached hydrogen (secondary N) is 2. The first kappa shape index (κ1) is 18.2. The molecule has 0 saturated carbocycles. The SMILES string of the molecule is CCCc1sc(C(=O)OC(C)C(=O)NC(=O)NC)cc1CC. The normalized spacial score (nSPS) is 11.6. The van der Waals surface area contributed by atoms with Crippen LogP contribution in [0.25, 0.3) is 0 Å². The van der Waals surface area contributed by atoms with E-state index in [1.807, 2.05) is 13.0 Å². The zero-order chi connectivity index (χ0) is 16.7. The number of esters is 1. The molecule has 1 aromatic heterocycles. The Bertz CT molecular complexity index is 554. The third-order valence-corrected chi connectivity index (χ3v) is 4.29. The molecule has 0 aliphatic heterocycles. The Morgan fingerprint density at radius 1 is 1.32 bits per heavy atom. The molecule has 1 aromatic rings. The number of thiophene rings is 1. The van der Waals surface area contributed by atoms with Crippen LogP contribution in [0.3, 0.4) is 0 Å². The van der Waals surface area contributed by atoms with Gasteiger partial charge in [0, 0.05) is 11.9 Å². The van der Waals surface area contributed by atoms with Crippen LogP contribution in [0.1, 0.15) is 47.3 Å². The van der Waals surface area contributed by atoms with Gasteiger partial charge in [-0.15, -0.1) is 11.3 Å². The third-order valence-electron chi connectivity index (χ3n) is 3.07. The first-order chi connectivity index (χ1) is 10.4. The van der Waals surface area contributed by atoms with Crippen LogP contribution in [0.15, 0.2) is 6.07 Å². The monoisotopic (exact) mass is 326 g/mol. The van der Waals surface area contributed by atoms with E-state index < -0.39 is 24.0 Å². The van der Waals surface area contributed by atoms with Gasteiger partial charge in [0.05, 0.1) is 0 Å². The number of hydrogen-bond acceptors (Lipinski definition) is 5. The largest absolute Gasteiger partial charge is 0.448 e. The molecule has 0 fully saturated rings. The fraction of sp³-hybridized carbons (Fsp3) is 0.533. The van der Waals surface area contributed by atoms with Gasteiger partial charge in [-0.1, -0.05) is 20.3 Å². The highest BCUT2D eigenvalue weighted by Gasteiger charge is 2.22. The standard InChI is InChI=1S/C15H22N2O4S/c1-5-7-11-10(6-2)8-12(22-11)14(19)21-9(3)13(18)17-15(20)16-4/h8-9H,5-7H2,1-4H3,(H2,16,17,18,20). The molecule has 0 aliphatic carbocycles. The highest BCUT2D eigenvalue weighted by molar-refractivity contribution is 7.14. The summed E-state index contributed by atoms with van der Waals surface area (Å²) >= 11 is 1.40. The van der Waals surface area contributed by atoms with Crippen LogP contribution < -0.4 is 10.6 Å². The number of imide groups is 1. The minimum absolute atomic E-state index is 0.486. The molecule has 0 aromatic carbocycles. The summed E-state index contributed by atoms with van der Waals surface area (Å²) in [5.41, 5.74) is 1.14. The summed E-state index contributed by atoms with van der Waals surface area (Å²) in [6.07, 6.45) is 1.75. The predicted molar refractivity (Wildman–Crippen MR) is 85.2 cm³/mol. The number of rotatable bonds is 6. The van der Waals surface area contributed by atoms with Crippen LogP contribution in [0.4, 0.5) is 4.79 Å². The van der Waals surface area contributed by atoms with E-state index in [1.54, 1.807) is 0 Å². The molecule has 1 heterocycles. The zero-order valence-electron chi connectivity index (χ0n) is 13.3. The Hall–Kier alpha value is -1.89. The van der Waals surface area contributed by atoms with Crippen LogP contribution in [0, 0.1) is 0 Å². The lowest BCUT2D eigenvalue weighted by Gasteiger charge is -2.11. The molecule has 122 valence electrons. The van der Waals surface area contributed by atoms with E-state index in [9.17, 15) is 14.4 Å². The van der Waals surface area contributed by atoms with Crippen LogP contribution in [-0.2, 0) is 22.4 Å². The number of hydrogen-bond donors (Lipinski definition) is 2. The van der Waals surface area contributed by atoms with Crippen molar-refractivity contribution in [2.75, 3.05) is 7.05 Å². The molecule has 0 bridgehead atoms. The predicted octanol–water partition coefficient (Wildman–Crippen LogP) is 2.26. The van der Waals surface area contributed by atoms with E-state index in [4.69, 9.17) is 4.74 Å². The lowest BCUT2D eigenvalue weighted by Crippen LogP contribution is -2.43. The number of aryl methyl sites for hydroxylation is 2. The molecule has 1 atom stereocenters. The van der Waals surface area contributed by atoms with E-state index in [0.29, 0.717) is 4.88 Å². The maximum Gasteiger partial charge on any atom is 0.349 e. The highest BCUT2D eigenvalue weighted by Crippen LogP contribution is 2.25. The Balaban J connectivity index is 2.72. The maximum absolute atomic E-state index is 12.1. The minimum atomic E-state index is -1.04. The summed E-state index contributed by atoms with van der Waals surface area (Å²) in [5.74, 6) is -1.20. The average Bonchev–Trinajstić information content (AvgIpc) is 2.90. The lowest BCUT2D eigenvalue weighted by molar-refractivity contribution is -0.127. The summed E-state index contributed by atoms with van der Waals surface area (Å²) in [7, 11) is 1.40. The number of ether oxygens (including phenoxy) is 1. The average molecular weight is 326 g/mol. The second-order valence-corrected chi connectivity index (χ2v) is 5.92. The summed E-state index contributed by atoms with van der Waals surface area (Å²) in [5, 5.41) is 4.33. The molecule has 1 rings (SSSR count). The zero-order valence-corrected chi connectivity index (χ0v) is 14.1. The van der Waals surface area contributed by atoms with Crippen molar-refractivity contribution in [1.82, 2.24) is 10.6 Å². The van der Waals surface area contributed by atoms with Crippen molar-refractivity contribution in [3.8, 4) is 0 Å². The fourth-order valence-corrected chi connectivity index (χ4v) is 3.09. The van der Waals surface area contributed by atoms with E-state index in [0.717, 1.165) is 24.8 Å². The van der Waals surface area contributed by atoms with Crippen molar-refractivity contribution >= 4 is 29.2 Å². The second kappa shape index (κ2) is 8.53. The molecular formula is C15H22N2O4S. The Morgan fingerprint density at radius 2 is 2.00 bits per heavy atom. The molecule has 0 spiro atoms. The number of carbonyl (C=O) groups excluding carboxylic acids is 3. The topological polar surface area (TPSA) is 84.5 Å². The molecule has 3 amide bonds. The molecular weight excluding hydrogens is 304 g/mol. The number of amides is 3. The van der Waals surface area contributed by atoms with Crippen molar-refractivity contribution in [3.63, 3.8) is 0 Å². The quantitative estimate of drug-likeness (QED) is 0.785. The van der Waals surface area contributed by atoms with Gasteiger partial charge in [0.2, 0.25) is 0 Å². The van der Waals surface area contributed by atoms with Gasteiger partial charge in [-0.2, -0.15) is 0 Å². The van der Waals surface area contributed by atoms with Gasteiger partial charge in [0.15, 0.2) is 6.10 Å². The van der Waals surface area contributed by atoms with Crippen molar-refractivity contribution in [2.45, 2.75) is 46.1 Å². The van der Waals surface area contributed by atoms with Crippen LogP contribution >= 0.6 is 11.3 Å². The molecule has 0 saturated heterocycles. The minimum Gasteiger partial charge on any atom is -0.448 e. The molecule has 1 unspecified atom stereocenters. The molecule has 22 heavy (non-hydrogen) atoms. The summed E-state index contributed by atoms with van der Waals surface area (Å²) < 4.78 is 5.11. The van der Waals surface area contributed by atoms with Gasteiger partial charge in [-0.05, 0) is 31.4 Å². The summed E-state index contributed by atoms with van der Waals surface area (Å²) in [6, 6.07) is 1.18. The van der Waals surface area contributed by atoms with Crippen LogP contribution in [0.5, 0.6) is 0 Å². The van der Waals surface area contributed by atoms with Gasteiger partial charge in [0.1, 0.15) is 4.88 Å². The van der Waals surface area contributed by atoms with E-state index in [-0.39, 0.29) is 0 Å². The molecule has 6 nitrogen and oxygen atoms in total. The Morgan fingerprint density at radius 3 is 2.55 bits per heavy atom. The first-order valence-corrected chi connectivity index (χ1v) is 8.09. The number of urea groups is 1. The van der Waals surface area contributed by atoms with Crippen molar-refractivity contribution < 1.29 is 19.1 Å². The molecule has 7 heteroatoms. The third kappa shape index (κ3) is 4.84. The summed E-state index contributed by atoms with van der Waals surface area (Å²) in [6.45, 7) is 5.55. The van der Waals surface area contributed by atoms with Gasteiger partial charge in [0.25, 0.3) is 5.91 Å².